The van der Waals surface area contributed by atoms with Crippen molar-refractivity contribution in [2.24, 2.45) is 0 Å². The van der Waals surface area contributed by atoms with Gasteiger partial charge in [0.1, 0.15) is 6.17 Å². The highest BCUT2D eigenvalue weighted by molar-refractivity contribution is 6.28. The van der Waals surface area contributed by atoms with Gasteiger partial charge in [-0.2, -0.15) is 0 Å². The monoisotopic (exact) mass is 903 g/mol. The van der Waals surface area contributed by atoms with Crippen LogP contribution in [0.2, 0.25) is 0 Å². The maximum absolute atomic E-state index is 5.68. The van der Waals surface area contributed by atoms with Crippen molar-refractivity contribution in [3.63, 3.8) is 0 Å². The molecule has 0 saturated carbocycles. The lowest BCUT2D eigenvalue weighted by Gasteiger charge is -2.29. The molecule has 1 atom stereocenters. The molecule has 12 aromatic carbocycles. The smallest absolute Gasteiger partial charge is 0.130 e. The minimum absolute atomic E-state index is 0.0162. The summed E-state index contributed by atoms with van der Waals surface area (Å²) in [7, 11) is 0. The molecule has 0 amide bonds. The average Bonchev–Trinajstić information content (AvgIpc) is 3.85. The van der Waals surface area contributed by atoms with E-state index in [0.717, 1.165) is 62.9 Å². The van der Waals surface area contributed by atoms with Crippen molar-refractivity contribution < 1.29 is 0 Å². The third-order valence-corrected chi connectivity index (χ3v) is 15.4. The van der Waals surface area contributed by atoms with Crippen LogP contribution in [0, 0.1) is 0 Å². The number of pyridine rings is 1. The summed E-state index contributed by atoms with van der Waals surface area (Å²) in [5, 5.41) is 22.5. The molecule has 1 aliphatic heterocycles. The van der Waals surface area contributed by atoms with Gasteiger partial charge >= 0.3 is 0 Å². The Morgan fingerprint density at radius 1 is 0.380 bits per heavy atom. The lowest BCUT2D eigenvalue weighted by Crippen LogP contribution is -2.33. The molecule has 3 heteroatoms. The second-order valence-corrected chi connectivity index (χ2v) is 19.3. The first-order chi connectivity index (χ1) is 35.2. The van der Waals surface area contributed by atoms with E-state index in [4.69, 9.17) is 4.98 Å². The molecule has 1 unspecified atom stereocenters. The van der Waals surface area contributed by atoms with Gasteiger partial charge in [0.2, 0.25) is 0 Å². The summed E-state index contributed by atoms with van der Waals surface area (Å²) in [5.41, 5.74) is 12.5. The first-order valence-electron chi connectivity index (χ1n) is 24.9. The zero-order valence-corrected chi connectivity index (χ0v) is 38.9. The minimum Gasteiger partial charge on any atom is -0.359 e. The summed E-state index contributed by atoms with van der Waals surface area (Å²) in [6, 6.07) is 80.9. The summed E-state index contributed by atoms with van der Waals surface area (Å²) in [5.74, 6) is 0. The predicted octanol–water partition coefficient (Wildman–Crippen LogP) is 18.5. The number of nitrogens with zero attached hydrogens (tertiary/aromatic N) is 2. The Bertz CT molecular complexity index is 4380. The molecule has 0 fully saturated rings. The van der Waals surface area contributed by atoms with Crippen LogP contribution in [0.5, 0.6) is 0 Å². The number of hydrogen-bond acceptors (Lipinski definition) is 3. The molecule has 15 rings (SSSR count). The lowest BCUT2D eigenvalue weighted by atomic mass is 9.88. The lowest BCUT2D eigenvalue weighted by molar-refractivity contribution is 0.861. The number of hydrogen-bond donors (Lipinski definition) is 1. The van der Waals surface area contributed by atoms with Crippen LogP contribution in [0.1, 0.15) is 12.8 Å². The molecule has 3 nitrogen and oxygen atoms in total. The second-order valence-electron chi connectivity index (χ2n) is 19.3. The Morgan fingerprint density at radius 3 is 1.39 bits per heavy atom. The molecule has 2 heterocycles. The van der Waals surface area contributed by atoms with Crippen molar-refractivity contribution in [1.29, 1.82) is 0 Å². The number of rotatable bonds is 5. The van der Waals surface area contributed by atoms with Crippen molar-refractivity contribution in [2.75, 3.05) is 10.2 Å². The van der Waals surface area contributed by atoms with E-state index in [1.807, 2.05) is 0 Å². The Morgan fingerprint density at radius 2 is 0.845 bits per heavy atom. The number of anilines is 3. The van der Waals surface area contributed by atoms with Crippen LogP contribution in [-0.4, -0.2) is 11.1 Å². The van der Waals surface area contributed by atoms with Gasteiger partial charge in [-0.05, 0) is 159 Å². The van der Waals surface area contributed by atoms with Crippen LogP contribution in [0.3, 0.4) is 0 Å². The first-order valence-corrected chi connectivity index (χ1v) is 24.9. The fraction of sp³-hybridized carbons (Fsp3) is 0.0441. The van der Waals surface area contributed by atoms with Gasteiger partial charge in [0.25, 0.3) is 0 Å². The molecule has 1 N–H and O–H groups in total. The Kier molecular flexibility index (Phi) is 8.85. The van der Waals surface area contributed by atoms with Crippen LogP contribution >= 0.6 is 0 Å². The minimum atomic E-state index is 0.0162. The predicted molar refractivity (Wildman–Crippen MR) is 303 cm³/mol. The molecule has 71 heavy (non-hydrogen) atoms. The summed E-state index contributed by atoms with van der Waals surface area (Å²) < 4.78 is 0. The third kappa shape index (κ3) is 6.19. The van der Waals surface area contributed by atoms with Gasteiger partial charge in [-0.25, -0.2) is 4.98 Å². The molecular weight excluding hydrogens is 859 g/mol. The molecule has 13 aromatic rings. The molecule has 0 bridgehead atoms. The van der Waals surface area contributed by atoms with E-state index in [2.05, 4.69) is 247 Å². The molecule has 0 saturated heterocycles. The molecular formula is C68H45N3. The quantitative estimate of drug-likeness (QED) is 0.174. The van der Waals surface area contributed by atoms with Crippen LogP contribution in [0.15, 0.2) is 242 Å². The molecule has 0 spiro atoms. The van der Waals surface area contributed by atoms with Crippen LogP contribution in [0.25, 0.3) is 120 Å². The van der Waals surface area contributed by atoms with Gasteiger partial charge in [-0.15, -0.1) is 0 Å². The summed E-state index contributed by atoms with van der Waals surface area (Å²) in [4.78, 5) is 8.12. The van der Waals surface area contributed by atoms with Crippen molar-refractivity contribution in [3.8, 4) is 33.5 Å². The van der Waals surface area contributed by atoms with E-state index in [1.165, 1.54) is 92.4 Å². The molecule has 2 aliphatic rings. The van der Waals surface area contributed by atoms with Crippen molar-refractivity contribution in [2.45, 2.75) is 19.0 Å². The second kappa shape index (κ2) is 15.7. The summed E-state index contributed by atoms with van der Waals surface area (Å²) in [6.45, 7) is 0. The average molecular weight is 904 g/mol. The zero-order chi connectivity index (χ0) is 46.6. The highest BCUT2D eigenvalue weighted by Gasteiger charge is 2.32. The fourth-order valence-corrected chi connectivity index (χ4v) is 12.1. The largest absolute Gasteiger partial charge is 0.359 e. The molecule has 1 aromatic heterocycles. The zero-order valence-electron chi connectivity index (χ0n) is 38.9. The van der Waals surface area contributed by atoms with Crippen LogP contribution in [0.4, 0.5) is 17.1 Å². The number of aromatic nitrogens is 1. The van der Waals surface area contributed by atoms with Crippen molar-refractivity contribution >= 4 is 103 Å². The fourth-order valence-electron chi connectivity index (χ4n) is 12.1. The van der Waals surface area contributed by atoms with Gasteiger partial charge in [0.15, 0.2) is 0 Å². The van der Waals surface area contributed by atoms with Crippen molar-refractivity contribution in [1.82, 2.24) is 4.98 Å². The van der Waals surface area contributed by atoms with Crippen LogP contribution in [-0.2, 0) is 0 Å². The Balaban J connectivity index is 0.964. The number of fused-ring (bicyclic) bond motifs is 16. The van der Waals surface area contributed by atoms with Gasteiger partial charge < -0.3 is 10.2 Å². The normalized spacial score (nSPS) is 14.6. The Hall–Kier alpha value is -9.05. The number of para-hydroxylation sites is 2. The standard InChI is InChI=1S/C68H45N3/c1-2-16-43(17-3-1)68-70-64-28-14-15-29-66(64)71(68)46-34-30-42(31-35-46)65-41-60(45-33-37-57-52-23-7-5-19-48(52)50-21-9-11-25-54(50)62(57)39-45)63-40-59(55-26-12-13-27-58(55)67(63)69-65)44-32-36-56-51-22-6-4-18-47(51)49-20-8-10-24-53(49)61(56)38-44/h2,4-41,68,70H,1,3H2. The SMILES string of the molecule is C1=CC(C2Nc3ccccc3N2c2ccc(-c3cc(-c4ccc5c6ccccc6c6ccccc6c5c4)c4cc(-c5ccc6c7ccccc7c7ccccc7c6c5)c5ccccc5c4n3)cc2)=CCC1. The highest BCUT2D eigenvalue weighted by atomic mass is 15.3. The Labute approximate surface area is 411 Å². The van der Waals surface area contributed by atoms with Gasteiger partial charge in [0.05, 0.1) is 22.6 Å². The maximum atomic E-state index is 5.68. The van der Waals surface area contributed by atoms with E-state index in [9.17, 15) is 0 Å². The topological polar surface area (TPSA) is 28.2 Å². The van der Waals surface area contributed by atoms with E-state index in [1.54, 1.807) is 0 Å². The van der Waals surface area contributed by atoms with Crippen molar-refractivity contribution in [3.05, 3.63) is 242 Å². The van der Waals surface area contributed by atoms with E-state index >= 15 is 0 Å². The number of nitrogens with one attached hydrogen (secondary N) is 1. The van der Waals surface area contributed by atoms with E-state index < -0.39 is 0 Å². The van der Waals surface area contributed by atoms with E-state index in [0.29, 0.717) is 0 Å². The summed E-state index contributed by atoms with van der Waals surface area (Å²) >= 11 is 0. The van der Waals surface area contributed by atoms with Crippen LogP contribution < -0.4 is 10.2 Å². The first kappa shape index (κ1) is 39.9. The highest BCUT2D eigenvalue weighted by Crippen LogP contribution is 2.46. The van der Waals surface area contributed by atoms with Gasteiger partial charge in [0, 0.05) is 22.0 Å². The number of allylic oxidation sites excluding steroid dienone is 2. The molecule has 332 valence electrons. The van der Waals surface area contributed by atoms with Gasteiger partial charge in [-0.1, -0.05) is 188 Å². The molecule has 0 radical (unpaired) electrons. The molecule has 1 aliphatic carbocycles. The summed E-state index contributed by atoms with van der Waals surface area (Å²) in [6.07, 6.45) is 9.11. The number of benzene rings is 12. The third-order valence-electron chi connectivity index (χ3n) is 15.4. The maximum Gasteiger partial charge on any atom is 0.130 e. The van der Waals surface area contributed by atoms with E-state index in [-0.39, 0.29) is 6.17 Å². The van der Waals surface area contributed by atoms with Gasteiger partial charge in [-0.3, -0.25) is 0 Å².